The average molecular weight is 285 g/mol. The van der Waals surface area contributed by atoms with Crippen LogP contribution in [0.3, 0.4) is 0 Å². The molecule has 0 atom stereocenters. The molecule has 0 saturated carbocycles. The van der Waals surface area contributed by atoms with Crippen molar-refractivity contribution in [3.8, 4) is 0 Å². The van der Waals surface area contributed by atoms with Crippen molar-refractivity contribution in [3.05, 3.63) is 64.0 Å². The first-order valence-corrected chi connectivity index (χ1v) is 7.20. The molecule has 2 aromatic carbocycles. The second-order valence-corrected chi connectivity index (χ2v) is 5.23. The van der Waals surface area contributed by atoms with Crippen LogP contribution in [-0.2, 0) is 12.8 Å². The quantitative estimate of drug-likeness (QED) is 0.679. The van der Waals surface area contributed by atoms with Gasteiger partial charge in [0.15, 0.2) is 5.78 Å². The molecular weight excluding hydrogens is 265 g/mol. The molecule has 110 valence electrons. The van der Waals surface area contributed by atoms with Gasteiger partial charge in [-0.1, -0.05) is 26.0 Å². The molecule has 0 fully saturated rings. The van der Waals surface area contributed by atoms with E-state index in [-0.39, 0.29) is 11.3 Å². The highest BCUT2D eigenvalue weighted by molar-refractivity contribution is 6.10. The van der Waals surface area contributed by atoms with Crippen LogP contribution in [0.5, 0.6) is 0 Å². The lowest BCUT2D eigenvalue weighted by Gasteiger charge is -2.11. The summed E-state index contributed by atoms with van der Waals surface area (Å²) in [5, 5.41) is 0. The molecule has 0 aliphatic rings. The molecular formula is C18H20FNO. The summed E-state index contributed by atoms with van der Waals surface area (Å²) in [6.07, 6.45) is 1.57. The molecule has 0 bridgehead atoms. The van der Waals surface area contributed by atoms with Gasteiger partial charge in [0.1, 0.15) is 5.82 Å². The summed E-state index contributed by atoms with van der Waals surface area (Å²) in [5.41, 5.74) is 9.16. The number of hydrogen-bond acceptors (Lipinski definition) is 2. The number of carbonyl (C=O) groups excluding carboxylic acids is 1. The molecule has 2 aromatic rings. The molecule has 2 rings (SSSR count). The van der Waals surface area contributed by atoms with E-state index in [9.17, 15) is 9.18 Å². The van der Waals surface area contributed by atoms with E-state index in [4.69, 9.17) is 5.73 Å². The fourth-order valence-electron chi connectivity index (χ4n) is 2.47. The fourth-order valence-corrected chi connectivity index (χ4v) is 2.47. The standard InChI is InChI=1S/C18H20FNO/c1-4-12-6-7-13(5-2)15(9-12)18(21)16-10-14(20)8-11(3)17(16)19/h6-10H,4-5,20H2,1-3H3. The lowest BCUT2D eigenvalue weighted by Crippen LogP contribution is -2.10. The number of carbonyl (C=O) groups is 1. The van der Waals surface area contributed by atoms with Gasteiger partial charge in [-0.15, -0.1) is 0 Å². The van der Waals surface area contributed by atoms with Crippen LogP contribution >= 0.6 is 0 Å². The molecule has 2 nitrogen and oxygen atoms in total. The summed E-state index contributed by atoms with van der Waals surface area (Å²) >= 11 is 0. The Bertz CT molecular complexity index is 692. The van der Waals surface area contributed by atoms with Crippen LogP contribution in [0, 0.1) is 12.7 Å². The van der Waals surface area contributed by atoms with Gasteiger partial charge in [0.25, 0.3) is 0 Å². The highest BCUT2D eigenvalue weighted by Gasteiger charge is 2.19. The second-order valence-electron chi connectivity index (χ2n) is 5.23. The normalized spacial score (nSPS) is 10.7. The van der Waals surface area contributed by atoms with Crippen molar-refractivity contribution in [1.82, 2.24) is 0 Å². The molecule has 0 saturated heterocycles. The molecule has 0 aliphatic heterocycles. The number of hydrogen-bond donors (Lipinski definition) is 1. The monoisotopic (exact) mass is 285 g/mol. The van der Waals surface area contributed by atoms with Crippen molar-refractivity contribution < 1.29 is 9.18 Å². The van der Waals surface area contributed by atoms with E-state index in [0.717, 1.165) is 24.0 Å². The summed E-state index contributed by atoms with van der Waals surface area (Å²) in [6.45, 7) is 5.63. The second kappa shape index (κ2) is 6.08. The summed E-state index contributed by atoms with van der Waals surface area (Å²) in [4.78, 5) is 12.7. The van der Waals surface area contributed by atoms with E-state index in [1.54, 1.807) is 6.92 Å². The lowest BCUT2D eigenvalue weighted by molar-refractivity contribution is 0.103. The average Bonchev–Trinajstić information content (AvgIpc) is 2.49. The highest BCUT2D eigenvalue weighted by Crippen LogP contribution is 2.23. The molecule has 0 aliphatic carbocycles. The molecule has 21 heavy (non-hydrogen) atoms. The summed E-state index contributed by atoms with van der Waals surface area (Å²) in [6, 6.07) is 8.77. The van der Waals surface area contributed by atoms with Crippen molar-refractivity contribution in [3.63, 3.8) is 0 Å². The molecule has 0 radical (unpaired) electrons. The van der Waals surface area contributed by atoms with Crippen molar-refractivity contribution in [2.24, 2.45) is 0 Å². The van der Waals surface area contributed by atoms with Gasteiger partial charge < -0.3 is 5.73 Å². The molecule has 0 heterocycles. The predicted molar refractivity (Wildman–Crippen MR) is 84.2 cm³/mol. The maximum atomic E-state index is 14.3. The zero-order valence-electron chi connectivity index (χ0n) is 12.7. The van der Waals surface area contributed by atoms with Crippen LogP contribution in [0.1, 0.15) is 46.5 Å². The third-order valence-electron chi connectivity index (χ3n) is 3.73. The Kier molecular flexibility index (Phi) is 4.41. The van der Waals surface area contributed by atoms with Crippen LogP contribution in [0.2, 0.25) is 0 Å². The largest absolute Gasteiger partial charge is 0.399 e. The van der Waals surface area contributed by atoms with E-state index in [1.807, 2.05) is 32.0 Å². The van der Waals surface area contributed by atoms with E-state index < -0.39 is 5.82 Å². The third-order valence-corrected chi connectivity index (χ3v) is 3.73. The Morgan fingerprint density at radius 3 is 2.43 bits per heavy atom. The Balaban J connectivity index is 2.59. The summed E-state index contributed by atoms with van der Waals surface area (Å²) in [5.74, 6) is -0.784. The minimum atomic E-state index is -0.488. The summed E-state index contributed by atoms with van der Waals surface area (Å²) in [7, 11) is 0. The Labute approximate surface area is 124 Å². The number of nitrogens with two attached hydrogens (primary N) is 1. The van der Waals surface area contributed by atoms with Gasteiger partial charge in [-0.3, -0.25) is 4.79 Å². The molecule has 0 amide bonds. The van der Waals surface area contributed by atoms with Gasteiger partial charge in [0.2, 0.25) is 0 Å². The van der Waals surface area contributed by atoms with E-state index >= 15 is 0 Å². The Hall–Kier alpha value is -2.16. The van der Waals surface area contributed by atoms with Crippen molar-refractivity contribution in [1.29, 1.82) is 0 Å². The first-order chi connectivity index (χ1) is 9.97. The van der Waals surface area contributed by atoms with E-state index in [0.29, 0.717) is 16.8 Å². The fraction of sp³-hybridized carbons (Fsp3) is 0.278. The Morgan fingerprint density at radius 2 is 1.81 bits per heavy atom. The number of anilines is 1. The van der Waals surface area contributed by atoms with Gasteiger partial charge in [0, 0.05) is 11.3 Å². The molecule has 0 aromatic heterocycles. The number of nitrogen functional groups attached to an aromatic ring is 1. The highest BCUT2D eigenvalue weighted by atomic mass is 19.1. The van der Waals surface area contributed by atoms with Crippen LogP contribution in [-0.4, -0.2) is 5.78 Å². The van der Waals surface area contributed by atoms with Crippen molar-refractivity contribution in [2.75, 3.05) is 5.73 Å². The SMILES string of the molecule is CCc1ccc(CC)c(C(=O)c2cc(N)cc(C)c2F)c1. The maximum absolute atomic E-state index is 14.3. The summed E-state index contributed by atoms with van der Waals surface area (Å²) < 4.78 is 14.3. The first kappa shape index (κ1) is 15.2. The molecule has 2 N–H and O–H groups in total. The van der Waals surface area contributed by atoms with Crippen LogP contribution in [0.25, 0.3) is 0 Å². The van der Waals surface area contributed by atoms with Gasteiger partial charge in [-0.2, -0.15) is 0 Å². The maximum Gasteiger partial charge on any atom is 0.196 e. The number of halogens is 1. The van der Waals surface area contributed by atoms with E-state index in [1.165, 1.54) is 12.1 Å². The zero-order valence-corrected chi connectivity index (χ0v) is 12.7. The zero-order chi connectivity index (χ0) is 15.6. The minimum absolute atomic E-state index is 0.0513. The first-order valence-electron chi connectivity index (χ1n) is 7.20. The van der Waals surface area contributed by atoms with Crippen molar-refractivity contribution in [2.45, 2.75) is 33.6 Å². The molecule has 0 unspecified atom stereocenters. The number of benzene rings is 2. The van der Waals surface area contributed by atoms with E-state index in [2.05, 4.69) is 0 Å². The minimum Gasteiger partial charge on any atom is -0.399 e. The molecule has 3 heteroatoms. The topological polar surface area (TPSA) is 43.1 Å². The molecule has 0 spiro atoms. The van der Waals surface area contributed by atoms with Crippen LogP contribution < -0.4 is 5.73 Å². The lowest BCUT2D eigenvalue weighted by atomic mass is 9.93. The third kappa shape index (κ3) is 2.97. The Morgan fingerprint density at radius 1 is 1.10 bits per heavy atom. The smallest absolute Gasteiger partial charge is 0.196 e. The van der Waals surface area contributed by atoms with Crippen LogP contribution in [0.15, 0.2) is 30.3 Å². The van der Waals surface area contributed by atoms with Crippen molar-refractivity contribution >= 4 is 11.5 Å². The predicted octanol–water partition coefficient (Wildman–Crippen LogP) is 4.07. The van der Waals surface area contributed by atoms with Gasteiger partial charge in [0.05, 0.1) is 5.56 Å². The number of ketones is 1. The van der Waals surface area contributed by atoms with Crippen LogP contribution in [0.4, 0.5) is 10.1 Å². The number of rotatable bonds is 4. The van der Waals surface area contributed by atoms with Gasteiger partial charge in [-0.05, 0) is 54.7 Å². The van der Waals surface area contributed by atoms with Gasteiger partial charge in [-0.25, -0.2) is 4.39 Å². The number of aryl methyl sites for hydroxylation is 3. The van der Waals surface area contributed by atoms with Gasteiger partial charge >= 0.3 is 0 Å².